The molecule has 19 heteroatoms. The van der Waals surface area contributed by atoms with Crippen LogP contribution in [0.2, 0.25) is 0 Å². The summed E-state index contributed by atoms with van der Waals surface area (Å²) >= 11 is 0. The van der Waals surface area contributed by atoms with Crippen molar-refractivity contribution in [2.75, 3.05) is 0 Å². The molecule has 0 saturated heterocycles. The summed E-state index contributed by atoms with van der Waals surface area (Å²) in [7, 11) is 0. The molecule has 98 valence electrons. The zero-order valence-electron chi connectivity index (χ0n) is 4.08. The molecule has 0 heterocycles. The van der Waals surface area contributed by atoms with E-state index in [1.807, 2.05) is 0 Å². The summed E-state index contributed by atoms with van der Waals surface area (Å²) in [5, 5.41) is 0. The second-order valence-electron chi connectivity index (χ2n) is 0. The van der Waals surface area contributed by atoms with Gasteiger partial charge in [-0.2, -0.15) is 0 Å². The van der Waals surface area contributed by atoms with Gasteiger partial charge in [-0.3, -0.25) is 0 Å². The monoisotopic (exact) mass is 576 g/mol. The fraction of sp³-hybridized carbons (Fsp3) is 0. The van der Waals surface area contributed by atoms with Crippen LogP contribution in [-0.4, -0.2) is 266 Å². The van der Waals surface area contributed by atoms with Gasteiger partial charge in [0, 0.05) is 0 Å². The Morgan fingerprint density at radius 3 is 0.105 bits per heavy atom. The van der Waals surface area contributed by atoms with Gasteiger partial charge in [-0.25, -0.2) is 0 Å². The van der Waals surface area contributed by atoms with E-state index in [2.05, 4.69) is 0 Å². The van der Waals surface area contributed by atoms with Gasteiger partial charge in [-0.1, -0.05) is 0 Å². The Balaban J connectivity index is 0. The summed E-state index contributed by atoms with van der Waals surface area (Å²) in [6.45, 7) is 0. The van der Waals surface area contributed by atoms with Crippen molar-refractivity contribution in [2.24, 2.45) is 0 Å². The van der Waals surface area contributed by atoms with Gasteiger partial charge in [0.15, 0.2) is 0 Å². The normalized spacial score (nSPS) is 0. The van der Waals surface area contributed by atoms with E-state index in [0.717, 1.165) is 0 Å². The van der Waals surface area contributed by atoms with Crippen molar-refractivity contribution >= 4 is 390 Å². The van der Waals surface area contributed by atoms with Gasteiger partial charge in [0.05, 0.1) is 0 Å². The number of halogens is 10. The summed E-state index contributed by atoms with van der Waals surface area (Å²) in [5.74, 6) is 0. The Morgan fingerprint density at radius 1 is 0.105 bits per heavy atom. The molecular formula is H19Cl10Na9. The molecule has 0 bridgehead atoms. The molecule has 0 aliphatic rings. The van der Waals surface area contributed by atoms with Gasteiger partial charge in [-0.05, 0) is 0 Å². The SMILES string of the molecule is Cl.Cl.Cl.Cl.Cl.Cl.Cl.Cl.Cl.Cl.[NaH].[NaH].[NaH].[NaH].[NaH].[NaH].[NaH].[NaH].[NaH]. The third-order valence-corrected chi connectivity index (χ3v) is 0. The Labute approximate surface area is 379 Å². The number of hydrogen-bond acceptors (Lipinski definition) is 0. The molecule has 0 atom stereocenters. The van der Waals surface area contributed by atoms with Gasteiger partial charge in [-0.15, -0.1) is 124 Å². The van der Waals surface area contributed by atoms with Crippen LogP contribution in [0.4, 0.5) is 0 Å². The molecule has 0 aromatic rings. The number of rotatable bonds is 0. The fourth-order valence-corrected chi connectivity index (χ4v) is 0. The van der Waals surface area contributed by atoms with E-state index in [-0.39, 0.29) is 390 Å². The molecule has 0 nitrogen and oxygen atoms in total. The summed E-state index contributed by atoms with van der Waals surface area (Å²) in [5.41, 5.74) is 0. The van der Waals surface area contributed by atoms with Gasteiger partial charge >= 0.3 is 266 Å². The first-order valence-corrected chi connectivity index (χ1v) is 0. The molecule has 0 rings (SSSR count). The molecule has 0 N–H and O–H groups in total. The molecule has 0 aliphatic carbocycles. The second-order valence-corrected chi connectivity index (χ2v) is 0. The van der Waals surface area contributed by atoms with Gasteiger partial charge in [0.2, 0.25) is 0 Å². The molecule has 0 saturated carbocycles. The van der Waals surface area contributed by atoms with Gasteiger partial charge < -0.3 is 0 Å². The van der Waals surface area contributed by atoms with Crippen LogP contribution in [0.25, 0.3) is 0 Å². The van der Waals surface area contributed by atoms with E-state index in [0.29, 0.717) is 0 Å². The minimum atomic E-state index is 0. The van der Waals surface area contributed by atoms with Crippen LogP contribution in [0.3, 0.4) is 0 Å². The topological polar surface area (TPSA) is 0 Å². The van der Waals surface area contributed by atoms with Crippen molar-refractivity contribution in [1.29, 1.82) is 0 Å². The van der Waals surface area contributed by atoms with Crippen LogP contribution in [0.5, 0.6) is 0 Å². The average Bonchev–Trinajstić information content (AvgIpc) is 0. The average molecular weight is 581 g/mol. The predicted molar refractivity (Wildman–Crippen MR) is 137 cm³/mol. The van der Waals surface area contributed by atoms with Crippen molar-refractivity contribution < 1.29 is 0 Å². The van der Waals surface area contributed by atoms with Crippen molar-refractivity contribution in [1.82, 2.24) is 0 Å². The fourth-order valence-electron chi connectivity index (χ4n) is 0. The van der Waals surface area contributed by atoms with E-state index >= 15 is 0 Å². The first-order chi connectivity index (χ1) is 0. The van der Waals surface area contributed by atoms with E-state index in [1.165, 1.54) is 0 Å². The van der Waals surface area contributed by atoms with Crippen LogP contribution in [-0.2, 0) is 0 Å². The molecule has 0 spiro atoms. The molecule has 0 fully saturated rings. The quantitative estimate of drug-likeness (QED) is 0.303. The molecule has 0 unspecified atom stereocenters. The molecule has 0 amide bonds. The van der Waals surface area contributed by atoms with E-state index in [1.54, 1.807) is 0 Å². The van der Waals surface area contributed by atoms with Gasteiger partial charge in [0.25, 0.3) is 0 Å². The third kappa shape index (κ3) is 164. The Bertz CT molecular complexity index is 19.0. The first kappa shape index (κ1) is 195. The predicted octanol–water partition coefficient (Wildman–Crippen LogP) is -1.62. The van der Waals surface area contributed by atoms with Crippen molar-refractivity contribution in [3.8, 4) is 0 Å². The molecular weight excluding hydrogens is 561 g/mol. The van der Waals surface area contributed by atoms with E-state index < -0.39 is 0 Å². The zero-order chi connectivity index (χ0) is 0. The van der Waals surface area contributed by atoms with E-state index in [9.17, 15) is 0 Å². The Hall–Kier alpha value is 11.9. The van der Waals surface area contributed by atoms with Crippen molar-refractivity contribution in [3.05, 3.63) is 0 Å². The van der Waals surface area contributed by atoms with E-state index in [4.69, 9.17) is 0 Å². The molecule has 0 aromatic heterocycles. The maximum atomic E-state index is 0. The molecule has 0 aromatic carbocycles. The van der Waals surface area contributed by atoms with Crippen LogP contribution >= 0.6 is 124 Å². The Kier molecular flexibility index (Phi) is 1810. The summed E-state index contributed by atoms with van der Waals surface area (Å²) in [4.78, 5) is 0. The maximum absolute atomic E-state index is 0. The van der Waals surface area contributed by atoms with Crippen LogP contribution in [0.15, 0.2) is 0 Å². The summed E-state index contributed by atoms with van der Waals surface area (Å²) < 4.78 is 0. The second kappa shape index (κ2) is 176. The standard InChI is InChI=1S/10ClH.9Na.9H/h10*1H;;;;;;;;;;;;;;;;;;. The van der Waals surface area contributed by atoms with Crippen LogP contribution < -0.4 is 0 Å². The molecule has 0 radical (unpaired) electrons. The van der Waals surface area contributed by atoms with Crippen molar-refractivity contribution in [2.45, 2.75) is 0 Å². The zero-order valence-corrected chi connectivity index (χ0v) is 12.2. The molecule has 19 heavy (non-hydrogen) atoms. The third-order valence-electron chi connectivity index (χ3n) is 0. The van der Waals surface area contributed by atoms with Crippen LogP contribution in [0.1, 0.15) is 0 Å². The van der Waals surface area contributed by atoms with Crippen molar-refractivity contribution in [3.63, 3.8) is 0 Å². The van der Waals surface area contributed by atoms with Gasteiger partial charge in [0.1, 0.15) is 0 Å². The number of hydrogen-bond donors (Lipinski definition) is 0. The minimum absolute atomic E-state index is 0. The van der Waals surface area contributed by atoms with Crippen LogP contribution in [0, 0.1) is 0 Å². The molecule has 0 aliphatic heterocycles. The Morgan fingerprint density at radius 2 is 0.105 bits per heavy atom. The summed E-state index contributed by atoms with van der Waals surface area (Å²) in [6.07, 6.45) is 0. The first-order valence-electron chi connectivity index (χ1n) is 0. The summed E-state index contributed by atoms with van der Waals surface area (Å²) in [6, 6.07) is 0.